The van der Waals surface area contributed by atoms with Crippen LogP contribution < -0.4 is 5.73 Å². The second-order valence-electron chi connectivity index (χ2n) is 6.37. The summed E-state index contributed by atoms with van der Waals surface area (Å²) >= 11 is 1.94. The van der Waals surface area contributed by atoms with Crippen LogP contribution >= 0.6 is 11.8 Å². The minimum atomic E-state index is 0.452. The van der Waals surface area contributed by atoms with Gasteiger partial charge in [0.2, 0.25) is 0 Å². The van der Waals surface area contributed by atoms with E-state index in [1.165, 1.54) is 38.1 Å². The molecule has 1 aliphatic rings. The maximum Gasteiger partial charge on any atom is 0.0218 e. The number of hydrogen-bond donors (Lipinski definition) is 1. The number of likely N-dealkylation sites (tertiary alicyclic amines) is 1. The molecule has 0 spiro atoms. The van der Waals surface area contributed by atoms with Crippen LogP contribution in [0.4, 0.5) is 0 Å². The minimum Gasteiger partial charge on any atom is -0.329 e. The maximum absolute atomic E-state index is 5.94. The van der Waals surface area contributed by atoms with Crippen LogP contribution in [0.15, 0.2) is 0 Å². The van der Waals surface area contributed by atoms with E-state index in [1.807, 2.05) is 11.8 Å². The Morgan fingerprint density at radius 1 is 1.41 bits per heavy atom. The third-order valence-electron chi connectivity index (χ3n) is 4.12. The Kier molecular flexibility index (Phi) is 6.32. The number of nitrogens with two attached hydrogens (primary N) is 1. The molecular formula is C14H30N2S. The molecule has 0 bridgehead atoms. The molecule has 2 nitrogen and oxygen atoms in total. The van der Waals surface area contributed by atoms with Crippen LogP contribution in [0.3, 0.4) is 0 Å². The van der Waals surface area contributed by atoms with Gasteiger partial charge in [-0.15, -0.1) is 0 Å². The molecule has 0 aliphatic carbocycles. The first kappa shape index (κ1) is 15.3. The number of rotatable bonds is 6. The van der Waals surface area contributed by atoms with Crippen molar-refractivity contribution in [3.05, 3.63) is 0 Å². The monoisotopic (exact) mass is 258 g/mol. The molecule has 1 aliphatic heterocycles. The van der Waals surface area contributed by atoms with Gasteiger partial charge < -0.3 is 5.73 Å². The molecule has 0 radical (unpaired) electrons. The van der Waals surface area contributed by atoms with Crippen molar-refractivity contribution in [2.45, 2.75) is 46.1 Å². The van der Waals surface area contributed by atoms with Crippen LogP contribution in [0.2, 0.25) is 0 Å². The molecule has 0 aromatic heterocycles. The van der Waals surface area contributed by atoms with E-state index in [0.717, 1.165) is 12.5 Å². The van der Waals surface area contributed by atoms with Crippen LogP contribution in [0.5, 0.6) is 0 Å². The molecule has 0 saturated carbocycles. The van der Waals surface area contributed by atoms with Gasteiger partial charge in [0.1, 0.15) is 0 Å². The zero-order valence-corrected chi connectivity index (χ0v) is 12.9. The zero-order valence-electron chi connectivity index (χ0n) is 12.0. The summed E-state index contributed by atoms with van der Waals surface area (Å²) in [7, 11) is 0. The highest BCUT2D eigenvalue weighted by Gasteiger charge is 2.33. The second-order valence-corrected chi connectivity index (χ2v) is 7.36. The maximum atomic E-state index is 5.94. The predicted molar refractivity (Wildman–Crippen MR) is 79.6 cm³/mol. The van der Waals surface area contributed by atoms with Gasteiger partial charge in [0.05, 0.1) is 0 Å². The van der Waals surface area contributed by atoms with Crippen LogP contribution in [0.1, 0.15) is 40.0 Å². The lowest BCUT2D eigenvalue weighted by Gasteiger charge is -2.30. The molecule has 17 heavy (non-hydrogen) atoms. The summed E-state index contributed by atoms with van der Waals surface area (Å²) in [4.78, 5) is 2.64. The molecule has 1 saturated heterocycles. The summed E-state index contributed by atoms with van der Waals surface area (Å²) in [5, 5.41) is 0. The highest BCUT2D eigenvalue weighted by molar-refractivity contribution is 7.98. The quantitative estimate of drug-likeness (QED) is 0.743. The first-order valence-electron chi connectivity index (χ1n) is 6.92. The second kappa shape index (κ2) is 7.01. The Morgan fingerprint density at radius 2 is 2.12 bits per heavy atom. The van der Waals surface area contributed by atoms with Gasteiger partial charge in [-0.3, -0.25) is 4.90 Å². The lowest BCUT2D eigenvalue weighted by molar-refractivity contribution is 0.190. The fourth-order valence-electron chi connectivity index (χ4n) is 2.74. The van der Waals surface area contributed by atoms with Crippen molar-refractivity contribution in [1.29, 1.82) is 0 Å². The van der Waals surface area contributed by atoms with Gasteiger partial charge in [0, 0.05) is 19.1 Å². The summed E-state index contributed by atoms with van der Waals surface area (Å²) in [6.07, 6.45) is 6.11. The van der Waals surface area contributed by atoms with Gasteiger partial charge in [0.15, 0.2) is 0 Å². The van der Waals surface area contributed by atoms with Crippen LogP contribution in [-0.2, 0) is 0 Å². The van der Waals surface area contributed by atoms with Crippen LogP contribution in [-0.4, -0.2) is 42.6 Å². The molecule has 1 heterocycles. The van der Waals surface area contributed by atoms with Gasteiger partial charge in [-0.25, -0.2) is 0 Å². The predicted octanol–water partition coefficient (Wildman–Crippen LogP) is 2.82. The molecule has 0 amide bonds. The van der Waals surface area contributed by atoms with E-state index in [0.29, 0.717) is 11.5 Å². The highest BCUT2D eigenvalue weighted by Crippen LogP contribution is 2.34. The Morgan fingerprint density at radius 3 is 2.59 bits per heavy atom. The van der Waals surface area contributed by atoms with Crippen molar-refractivity contribution in [1.82, 2.24) is 4.90 Å². The molecule has 1 rings (SSSR count). The Bertz CT molecular complexity index is 213. The van der Waals surface area contributed by atoms with Gasteiger partial charge >= 0.3 is 0 Å². The van der Waals surface area contributed by atoms with E-state index in [1.54, 1.807) is 0 Å². The van der Waals surface area contributed by atoms with Gasteiger partial charge in [-0.1, -0.05) is 20.8 Å². The summed E-state index contributed by atoms with van der Waals surface area (Å²) in [5.41, 5.74) is 6.39. The lowest BCUT2D eigenvalue weighted by atomic mass is 9.80. The molecule has 102 valence electrons. The van der Waals surface area contributed by atoms with Crippen LogP contribution in [0, 0.1) is 11.3 Å². The van der Waals surface area contributed by atoms with E-state index in [9.17, 15) is 0 Å². The number of hydrogen-bond acceptors (Lipinski definition) is 3. The smallest absolute Gasteiger partial charge is 0.0218 e. The fourth-order valence-corrected chi connectivity index (χ4v) is 3.19. The first-order valence-corrected chi connectivity index (χ1v) is 8.31. The largest absolute Gasteiger partial charge is 0.329 e. The molecule has 2 N–H and O–H groups in total. The van der Waals surface area contributed by atoms with E-state index in [2.05, 4.69) is 31.9 Å². The van der Waals surface area contributed by atoms with Crippen molar-refractivity contribution in [3.8, 4) is 0 Å². The highest BCUT2D eigenvalue weighted by atomic mass is 32.2. The van der Waals surface area contributed by atoms with E-state index in [-0.39, 0.29) is 0 Å². The molecule has 1 fully saturated rings. The van der Waals surface area contributed by atoms with Crippen molar-refractivity contribution in [3.63, 3.8) is 0 Å². The number of nitrogens with zero attached hydrogens (tertiary/aromatic N) is 1. The first-order chi connectivity index (χ1) is 7.99. The molecule has 3 heteroatoms. The molecular weight excluding hydrogens is 228 g/mol. The molecule has 0 aromatic rings. The Labute approximate surface area is 112 Å². The number of thioether (sulfide) groups is 1. The van der Waals surface area contributed by atoms with E-state index < -0.39 is 0 Å². The normalized spacial score (nSPS) is 24.2. The van der Waals surface area contributed by atoms with Crippen molar-refractivity contribution < 1.29 is 0 Å². The van der Waals surface area contributed by atoms with Crippen molar-refractivity contribution in [2.24, 2.45) is 17.1 Å². The molecule has 2 unspecified atom stereocenters. The van der Waals surface area contributed by atoms with Crippen LogP contribution in [0.25, 0.3) is 0 Å². The van der Waals surface area contributed by atoms with Crippen molar-refractivity contribution in [2.75, 3.05) is 31.6 Å². The third kappa shape index (κ3) is 4.80. The van der Waals surface area contributed by atoms with Gasteiger partial charge in [-0.05, 0) is 49.1 Å². The molecule has 2 atom stereocenters. The van der Waals surface area contributed by atoms with Gasteiger partial charge in [-0.2, -0.15) is 11.8 Å². The fraction of sp³-hybridized carbons (Fsp3) is 1.00. The summed E-state index contributed by atoms with van der Waals surface area (Å²) in [6, 6.07) is 0.620. The topological polar surface area (TPSA) is 29.3 Å². The summed E-state index contributed by atoms with van der Waals surface area (Å²) in [6.45, 7) is 10.4. The zero-order chi connectivity index (χ0) is 12.9. The van der Waals surface area contributed by atoms with E-state index >= 15 is 0 Å². The molecule has 0 aromatic carbocycles. The lowest BCUT2D eigenvalue weighted by Crippen LogP contribution is -2.40. The van der Waals surface area contributed by atoms with Gasteiger partial charge in [0.25, 0.3) is 0 Å². The minimum absolute atomic E-state index is 0.452. The summed E-state index contributed by atoms with van der Waals surface area (Å²) < 4.78 is 0. The Hall–Kier alpha value is 0.270. The average molecular weight is 258 g/mol. The Balaban J connectivity index is 2.39. The third-order valence-corrected chi connectivity index (χ3v) is 4.82. The summed E-state index contributed by atoms with van der Waals surface area (Å²) in [5.74, 6) is 2.12. The van der Waals surface area contributed by atoms with E-state index in [4.69, 9.17) is 5.73 Å². The standard InChI is InChI=1S/C14H30N2S/c1-14(2,3)12-7-8-16(11-12)13(10-15)6-5-9-17-4/h12-13H,5-11,15H2,1-4H3. The van der Waals surface area contributed by atoms with Crippen molar-refractivity contribution >= 4 is 11.8 Å². The SMILES string of the molecule is CSCCCC(CN)N1CCC(C(C)(C)C)C1. The average Bonchev–Trinajstić information content (AvgIpc) is 2.73.